The molecule has 0 amide bonds. The smallest absolute Gasteiger partial charge is 0.252 e. The highest BCUT2D eigenvalue weighted by molar-refractivity contribution is 7.00. The van der Waals surface area contributed by atoms with Crippen LogP contribution in [0.3, 0.4) is 0 Å². The highest BCUT2D eigenvalue weighted by Crippen LogP contribution is 2.61. The van der Waals surface area contributed by atoms with Gasteiger partial charge in [0.05, 0.1) is 5.54 Å². The lowest BCUT2D eigenvalue weighted by Gasteiger charge is -2.52. The fourth-order valence-electron chi connectivity index (χ4n) is 9.57. The van der Waals surface area contributed by atoms with Crippen LogP contribution in [0.15, 0.2) is 72.8 Å². The zero-order valence-electron chi connectivity index (χ0n) is 30.7. The Bertz CT molecular complexity index is 1920. The number of benzene rings is 4. The van der Waals surface area contributed by atoms with Gasteiger partial charge >= 0.3 is 0 Å². The molecule has 0 aromatic heterocycles. The second kappa shape index (κ2) is 9.58. The van der Waals surface area contributed by atoms with Gasteiger partial charge in [-0.2, -0.15) is 0 Å². The van der Waals surface area contributed by atoms with Crippen LogP contribution in [-0.4, -0.2) is 12.3 Å². The van der Waals surface area contributed by atoms with Crippen molar-refractivity contribution in [1.29, 1.82) is 0 Å². The lowest BCUT2D eigenvalue weighted by molar-refractivity contribution is 0.195. The number of hydrogen-bond donors (Lipinski definition) is 0. The maximum Gasteiger partial charge on any atom is 0.252 e. The number of anilines is 5. The Balaban J connectivity index is 1.47. The molecule has 0 radical (unpaired) electrons. The average Bonchev–Trinajstić information content (AvgIpc) is 3.21. The Kier molecular flexibility index (Phi) is 6.29. The Morgan fingerprint density at radius 1 is 0.596 bits per heavy atom. The first kappa shape index (κ1) is 30.9. The molecule has 2 unspecified atom stereocenters. The summed E-state index contributed by atoms with van der Waals surface area (Å²) in [5.41, 5.74) is 17.3. The first-order valence-electron chi connectivity index (χ1n) is 18.1. The van der Waals surface area contributed by atoms with Gasteiger partial charge in [-0.25, -0.2) is 0 Å². The molecule has 2 atom stereocenters. The van der Waals surface area contributed by atoms with Gasteiger partial charge in [0, 0.05) is 33.9 Å². The van der Waals surface area contributed by atoms with E-state index in [1.54, 1.807) is 5.56 Å². The summed E-state index contributed by atoms with van der Waals surface area (Å²) in [5, 5.41) is 0. The molecule has 47 heavy (non-hydrogen) atoms. The highest BCUT2D eigenvalue weighted by atomic mass is 15.3. The largest absolute Gasteiger partial charge is 0.335 e. The van der Waals surface area contributed by atoms with Crippen molar-refractivity contribution in [2.45, 2.75) is 129 Å². The Morgan fingerprint density at radius 2 is 1.21 bits per heavy atom. The molecule has 8 rings (SSSR count). The molecule has 3 heterocycles. The van der Waals surface area contributed by atoms with Gasteiger partial charge in [0.15, 0.2) is 0 Å². The van der Waals surface area contributed by atoms with Gasteiger partial charge in [0.25, 0.3) is 6.71 Å². The van der Waals surface area contributed by atoms with Crippen LogP contribution < -0.4 is 26.2 Å². The van der Waals surface area contributed by atoms with Gasteiger partial charge in [-0.15, -0.1) is 0 Å². The minimum absolute atomic E-state index is 0.0332. The standard InChI is InChI=1S/C44H53BN2/c1-40(2,3)28-20-21-33-37(27-28)46(31-25-29(41(4,5)6)24-30(26-31)42(7,8)9)35-18-15-19-36-38(35)45(33)34-17-14-16-32-39(34)47(36)44(11)23-13-12-22-43(32,44)10/h14-21,24-27H,12-13,22-23H2,1-11H3. The molecule has 4 aromatic carbocycles. The maximum absolute atomic E-state index is 2.82. The Labute approximate surface area is 284 Å². The summed E-state index contributed by atoms with van der Waals surface area (Å²) in [7, 11) is 0. The van der Waals surface area contributed by atoms with Crippen LogP contribution in [0.4, 0.5) is 28.4 Å². The number of rotatable bonds is 1. The van der Waals surface area contributed by atoms with Gasteiger partial charge in [0.2, 0.25) is 0 Å². The normalized spacial score (nSPS) is 22.9. The van der Waals surface area contributed by atoms with Crippen LogP contribution in [0.2, 0.25) is 0 Å². The van der Waals surface area contributed by atoms with Crippen molar-refractivity contribution in [2.75, 3.05) is 9.80 Å². The van der Waals surface area contributed by atoms with Crippen LogP contribution >= 0.6 is 0 Å². The van der Waals surface area contributed by atoms with E-state index in [2.05, 4.69) is 159 Å². The van der Waals surface area contributed by atoms with E-state index in [0.717, 1.165) is 0 Å². The molecule has 2 nitrogen and oxygen atoms in total. The first-order valence-corrected chi connectivity index (χ1v) is 18.1. The minimum Gasteiger partial charge on any atom is -0.335 e. The molecule has 1 aliphatic carbocycles. The molecule has 242 valence electrons. The molecule has 3 heteroatoms. The number of hydrogen-bond acceptors (Lipinski definition) is 2. The van der Waals surface area contributed by atoms with E-state index in [4.69, 9.17) is 0 Å². The third kappa shape index (κ3) is 4.17. The van der Waals surface area contributed by atoms with Crippen LogP contribution in [0, 0.1) is 0 Å². The van der Waals surface area contributed by atoms with Gasteiger partial charge in [-0.05, 0) is 105 Å². The van der Waals surface area contributed by atoms with Crippen molar-refractivity contribution in [3.63, 3.8) is 0 Å². The predicted octanol–water partition coefficient (Wildman–Crippen LogP) is 9.93. The molecular weight excluding hydrogens is 567 g/mol. The molecule has 0 spiro atoms. The number of nitrogens with zero attached hydrogens (tertiary/aromatic N) is 2. The molecule has 4 aromatic rings. The summed E-state index contributed by atoms with van der Waals surface area (Å²) in [4.78, 5) is 5.46. The second-order valence-corrected chi connectivity index (χ2v) is 18.7. The van der Waals surface area contributed by atoms with E-state index in [-0.39, 0.29) is 33.9 Å². The summed E-state index contributed by atoms with van der Waals surface area (Å²) in [6.07, 6.45) is 5.09. The summed E-state index contributed by atoms with van der Waals surface area (Å²) in [6.45, 7) is 26.5. The van der Waals surface area contributed by atoms with E-state index in [1.165, 1.54) is 87.2 Å². The monoisotopic (exact) mass is 620 g/mol. The fraction of sp³-hybridized carbons (Fsp3) is 0.455. The molecule has 1 fully saturated rings. The second-order valence-electron chi connectivity index (χ2n) is 18.7. The summed E-state index contributed by atoms with van der Waals surface area (Å²) >= 11 is 0. The predicted molar refractivity (Wildman–Crippen MR) is 205 cm³/mol. The number of para-hydroxylation sites is 1. The fourth-order valence-corrected chi connectivity index (χ4v) is 9.57. The molecule has 1 saturated carbocycles. The van der Waals surface area contributed by atoms with Crippen LogP contribution in [0.25, 0.3) is 0 Å². The van der Waals surface area contributed by atoms with Crippen LogP contribution in [0.1, 0.15) is 124 Å². The third-order valence-corrected chi connectivity index (χ3v) is 12.7. The summed E-state index contributed by atoms with van der Waals surface area (Å²) in [5.74, 6) is 0. The van der Waals surface area contributed by atoms with E-state index in [9.17, 15) is 0 Å². The minimum atomic E-state index is 0.0332. The molecular formula is C44H53BN2. The van der Waals surface area contributed by atoms with Crippen molar-refractivity contribution >= 4 is 51.5 Å². The third-order valence-electron chi connectivity index (χ3n) is 12.7. The van der Waals surface area contributed by atoms with Crippen LogP contribution in [-0.2, 0) is 21.7 Å². The summed E-state index contributed by atoms with van der Waals surface area (Å²) in [6, 6.07) is 29.3. The summed E-state index contributed by atoms with van der Waals surface area (Å²) < 4.78 is 0. The Hall–Kier alpha value is -3.46. The SMILES string of the molecule is CC(C)(C)c1cc(N2c3cc(C(C)(C)C)ccc3B3c4cccc5c4N(c4cccc2c43)C2(C)CCCCC52C)cc(C(C)(C)C)c1. The first-order chi connectivity index (χ1) is 21.9. The zero-order chi connectivity index (χ0) is 33.5. The zero-order valence-corrected chi connectivity index (χ0v) is 30.7. The molecule has 3 aliphatic heterocycles. The van der Waals surface area contributed by atoms with E-state index in [1.807, 2.05) is 0 Å². The van der Waals surface area contributed by atoms with Crippen molar-refractivity contribution < 1.29 is 0 Å². The topological polar surface area (TPSA) is 6.48 Å². The van der Waals surface area contributed by atoms with Gasteiger partial charge < -0.3 is 9.80 Å². The molecule has 0 saturated heterocycles. The van der Waals surface area contributed by atoms with Gasteiger partial charge in [-0.3, -0.25) is 0 Å². The lowest BCUT2D eigenvalue weighted by Crippen LogP contribution is -2.64. The molecule has 0 N–H and O–H groups in total. The average molecular weight is 621 g/mol. The van der Waals surface area contributed by atoms with Crippen molar-refractivity contribution in [3.05, 3.63) is 95.1 Å². The van der Waals surface area contributed by atoms with E-state index in [0.29, 0.717) is 0 Å². The van der Waals surface area contributed by atoms with Crippen molar-refractivity contribution in [1.82, 2.24) is 0 Å². The maximum atomic E-state index is 2.82. The van der Waals surface area contributed by atoms with E-state index < -0.39 is 0 Å². The number of fused-ring (bicyclic) bond motifs is 7. The quantitative estimate of drug-likeness (QED) is 0.172. The van der Waals surface area contributed by atoms with E-state index >= 15 is 0 Å². The molecule has 4 aliphatic rings. The Morgan fingerprint density at radius 3 is 1.87 bits per heavy atom. The highest BCUT2D eigenvalue weighted by Gasteiger charge is 2.61. The van der Waals surface area contributed by atoms with Crippen molar-refractivity contribution in [2.24, 2.45) is 0 Å². The van der Waals surface area contributed by atoms with Crippen molar-refractivity contribution in [3.8, 4) is 0 Å². The van der Waals surface area contributed by atoms with Gasteiger partial charge in [-0.1, -0.05) is 125 Å². The van der Waals surface area contributed by atoms with Gasteiger partial charge in [0.1, 0.15) is 0 Å². The molecule has 0 bridgehead atoms. The van der Waals surface area contributed by atoms with Crippen LogP contribution in [0.5, 0.6) is 0 Å². The lowest BCUT2D eigenvalue weighted by atomic mass is 9.33.